The first-order valence-corrected chi connectivity index (χ1v) is 5.25. The van der Waals surface area contributed by atoms with E-state index < -0.39 is 4.92 Å². The minimum absolute atomic E-state index is 0.0583. The van der Waals surface area contributed by atoms with Crippen LogP contribution in [-0.4, -0.2) is 26.8 Å². The summed E-state index contributed by atoms with van der Waals surface area (Å²) in [6.45, 7) is 0.291. The number of nitro benzene ring substituents is 1. The van der Waals surface area contributed by atoms with Crippen LogP contribution in [-0.2, 0) is 6.54 Å². The van der Waals surface area contributed by atoms with Gasteiger partial charge in [-0.05, 0) is 11.6 Å². The molecule has 0 radical (unpaired) electrons. The topological polar surface area (TPSA) is 107 Å². The Morgan fingerprint density at radius 2 is 2.37 bits per heavy atom. The molecule has 0 aliphatic rings. The highest BCUT2D eigenvalue weighted by Gasteiger charge is 2.15. The third kappa shape index (κ3) is 2.66. The minimum Gasteiger partial charge on any atom is -0.490 e. The number of nitrogens with zero attached hydrogens (tertiary/aromatic N) is 5. The van der Waals surface area contributed by atoms with Crippen molar-refractivity contribution < 1.29 is 9.66 Å². The van der Waals surface area contributed by atoms with Gasteiger partial charge in [0.2, 0.25) is 0 Å². The fourth-order valence-corrected chi connectivity index (χ4v) is 1.59. The zero-order valence-electron chi connectivity index (χ0n) is 9.98. The van der Waals surface area contributed by atoms with Crippen molar-refractivity contribution in [3.63, 3.8) is 0 Å². The maximum absolute atomic E-state index is 10.9. The Balaban J connectivity index is 2.28. The van der Waals surface area contributed by atoms with Crippen LogP contribution in [0.4, 0.5) is 5.69 Å². The number of ether oxygens (including phenoxy) is 1. The molecule has 0 atom stereocenters. The number of nitro groups is 1. The number of nitriles is 1. The number of methoxy groups -OCH3 is 1. The number of hydrogen-bond donors (Lipinski definition) is 0. The molecule has 0 aliphatic carbocycles. The SMILES string of the molecule is COc1ccc(Cn2cnc(C#N)n2)cc1[N+](=O)[O-]. The van der Waals surface area contributed by atoms with Crippen molar-refractivity contribution in [2.24, 2.45) is 0 Å². The van der Waals surface area contributed by atoms with Gasteiger partial charge in [0.1, 0.15) is 12.4 Å². The molecule has 96 valence electrons. The predicted octanol–water partition coefficient (Wildman–Crippen LogP) is 1.11. The van der Waals surface area contributed by atoms with E-state index in [1.54, 1.807) is 6.07 Å². The molecule has 0 bridgehead atoms. The molecule has 1 heterocycles. The highest BCUT2D eigenvalue weighted by Crippen LogP contribution is 2.27. The van der Waals surface area contributed by atoms with Crippen molar-refractivity contribution in [2.75, 3.05) is 7.11 Å². The van der Waals surface area contributed by atoms with Gasteiger partial charge in [-0.3, -0.25) is 10.1 Å². The van der Waals surface area contributed by atoms with Gasteiger partial charge in [-0.25, -0.2) is 9.67 Å². The normalized spacial score (nSPS) is 9.89. The maximum Gasteiger partial charge on any atom is 0.311 e. The molecule has 1 aromatic heterocycles. The molecule has 0 saturated heterocycles. The smallest absolute Gasteiger partial charge is 0.311 e. The highest BCUT2D eigenvalue weighted by molar-refractivity contribution is 5.48. The van der Waals surface area contributed by atoms with Gasteiger partial charge in [0, 0.05) is 6.07 Å². The summed E-state index contributed by atoms with van der Waals surface area (Å²) in [5.41, 5.74) is 0.558. The average Bonchev–Trinajstić information content (AvgIpc) is 2.86. The zero-order valence-corrected chi connectivity index (χ0v) is 9.98. The molecule has 0 fully saturated rings. The van der Waals surface area contributed by atoms with Crippen molar-refractivity contribution in [3.05, 3.63) is 46.0 Å². The molecular formula is C11H9N5O3. The van der Waals surface area contributed by atoms with Crippen molar-refractivity contribution in [3.8, 4) is 11.8 Å². The lowest BCUT2D eigenvalue weighted by molar-refractivity contribution is -0.385. The molecule has 0 amide bonds. The Hall–Kier alpha value is -2.95. The van der Waals surface area contributed by atoms with Crippen LogP contribution in [0.1, 0.15) is 11.4 Å². The molecule has 8 heteroatoms. The summed E-state index contributed by atoms with van der Waals surface area (Å²) >= 11 is 0. The first kappa shape index (κ1) is 12.5. The van der Waals surface area contributed by atoms with Crippen LogP contribution in [0.2, 0.25) is 0 Å². The van der Waals surface area contributed by atoms with Crippen LogP contribution >= 0.6 is 0 Å². The molecule has 2 rings (SSSR count). The number of benzene rings is 1. The van der Waals surface area contributed by atoms with Gasteiger partial charge in [0.05, 0.1) is 18.6 Å². The van der Waals surface area contributed by atoms with Gasteiger partial charge in [0.15, 0.2) is 5.75 Å². The molecule has 0 unspecified atom stereocenters. The molecule has 0 spiro atoms. The van der Waals surface area contributed by atoms with Crippen molar-refractivity contribution in [2.45, 2.75) is 6.54 Å². The molecule has 0 aliphatic heterocycles. The second kappa shape index (κ2) is 5.14. The first-order valence-electron chi connectivity index (χ1n) is 5.25. The summed E-state index contributed by atoms with van der Waals surface area (Å²) in [6, 6.07) is 6.44. The van der Waals surface area contributed by atoms with E-state index in [2.05, 4.69) is 10.1 Å². The predicted molar refractivity (Wildman–Crippen MR) is 63.5 cm³/mol. The first-order chi connectivity index (χ1) is 9.13. The second-order valence-corrected chi connectivity index (χ2v) is 3.64. The van der Waals surface area contributed by atoms with Crippen LogP contribution in [0.3, 0.4) is 0 Å². The van der Waals surface area contributed by atoms with Gasteiger partial charge in [-0.2, -0.15) is 5.26 Å². The summed E-state index contributed by atoms with van der Waals surface area (Å²) in [5, 5.41) is 23.4. The number of rotatable bonds is 4. The Kier molecular flexibility index (Phi) is 3.38. The van der Waals surface area contributed by atoms with E-state index in [0.29, 0.717) is 12.1 Å². The van der Waals surface area contributed by atoms with E-state index in [4.69, 9.17) is 10.00 Å². The quantitative estimate of drug-likeness (QED) is 0.601. The average molecular weight is 259 g/mol. The molecule has 0 N–H and O–H groups in total. The van der Waals surface area contributed by atoms with E-state index in [1.165, 1.54) is 30.3 Å². The summed E-state index contributed by atoms with van der Waals surface area (Å²) in [4.78, 5) is 14.1. The third-order valence-corrected chi connectivity index (χ3v) is 2.42. The number of aromatic nitrogens is 3. The lowest BCUT2D eigenvalue weighted by atomic mass is 10.2. The van der Waals surface area contributed by atoms with Gasteiger partial charge >= 0.3 is 5.69 Å². The summed E-state index contributed by atoms with van der Waals surface area (Å²) in [6.07, 6.45) is 1.40. The lowest BCUT2D eigenvalue weighted by Gasteiger charge is -2.04. The van der Waals surface area contributed by atoms with Crippen LogP contribution in [0.25, 0.3) is 0 Å². The minimum atomic E-state index is -0.510. The standard InChI is InChI=1S/C11H9N5O3/c1-19-10-3-2-8(4-9(10)16(17)18)6-15-7-13-11(5-12)14-15/h2-4,7H,6H2,1H3. The van der Waals surface area contributed by atoms with E-state index in [-0.39, 0.29) is 17.3 Å². The van der Waals surface area contributed by atoms with Crippen LogP contribution < -0.4 is 4.74 Å². The number of hydrogen-bond acceptors (Lipinski definition) is 6. The van der Waals surface area contributed by atoms with E-state index in [9.17, 15) is 10.1 Å². The Morgan fingerprint density at radius 3 is 2.95 bits per heavy atom. The molecule has 1 aromatic carbocycles. The van der Waals surface area contributed by atoms with Gasteiger partial charge in [-0.1, -0.05) is 6.07 Å². The van der Waals surface area contributed by atoms with Crippen molar-refractivity contribution in [1.82, 2.24) is 14.8 Å². The molecule has 8 nitrogen and oxygen atoms in total. The second-order valence-electron chi connectivity index (χ2n) is 3.64. The molecule has 19 heavy (non-hydrogen) atoms. The maximum atomic E-state index is 10.9. The Morgan fingerprint density at radius 1 is 1.58 bits per heavy atom. The molecule has 2 aromatic rings. The van der Waals surface area contributed by atoms with E-state index in [0.717, 1.165) is 0 Å². The van der Waals surface area contributed by atoms with Crippen LogP contribution in [0, 0.1) is 21.4 Å². The zero-order chi connectivity index (χ0) is 13.8. The van der Waals surface area contributed by atoms with E-state index >= 15 is 0 Å². The van der Waals surface area contributed by atoms with Gasteiger partial charge in [0.25, 0.3) is 5.82 Å². The lowest BCUT2D eigenvalue weighted by Crippen LogP contribution is -2.02. The van der Waals surface area contributed by atoms with Crippen LogP contribution in [0.5, 0.6) is 5.75 Å². The fraction of sp³-hybridized carbons (Fsp3) is 0.182. The summed E-state index contributed by atoms with van der Waals surface area (Å²) in [7, 11) is 1.37. The van der Waals surface area contributed by atoms with Crippen molar-refractivity contribution in [1.29, 1.82) is 5.26 Å². The third-order valence-electron chi connectivity index (χ3n) is 2.42. The van der Waals surface area contributed by atoms with Crippen molar-refractivity contribution >= 4 is 5.69 Å². The largest absolute Gasteiger partial charge is 0.490 e. The summed E-state index contributed by atoms with van der Waals surface area (Å²) in [5.74, 6) is 0.257. The molecular weight excluding hydrogens is 250 g/mol. The fourth-order valence-electron chi connectivity index (χ4n) is 1.59. The molecule has 0 saturated carbocycles. The Bertz CT molecular complexity index is 659. The Labute approximate surface area is 108 Å². The van der Waals surface area contributed by atoms with Gasteiger partial charge < -0.3 is 4.74 Å². The van der Waals surface area contributed by atoms with Crippen LogP contribution in [0.15, 0.2) is 24.5 Å². The monoisotopic (exact) mass is 259 g/mol. The summed E-state index contributed by atoms with van der Waals surface area (Å²) < 4.78 is 6.35. The van der Waals surface area contributed by atoms with E-state index in [1.807, 2.05) is 6.07 Å². The van der Waals surface area contributed by atoms with Gasteiger partial charge in [-0.15, -0.1) is 5.10 Å². The highest BCUT2D eigenvalue weighted by atomic mass is 16.6.